The van der Waals surface area contributed by atoms with Crippen LogP contribution in [0.2, 0.25) is 0 Å². The van der Waals surface area contributed by atoms with E-state index in [2.05, 4.69) is 31.9 Å². The number of hydrogen-bond donors (Lipinski definition) is 3. The van der Waals surface area contributed by atoms with Crippen LogP contribution in [0.25, 0.3) is 16.8 Å². The Balaban J connectivity index is 1.29. The van der Waals surface area contributed by atoms with Gasteiger partial charge in [-0.3, -0.25) is 14.4 Å². The molecule has 0 aliphatic carbocycles. The summed E-state index contributed by atoms with van der Waals surface area (Å²) in [4.78, 5) is 39.7. The standard InChI is InChI=1S/C34H26BrN3O3S/c35-29-15-6-7-16-30(29)37-32(39)22-42-27-19-17-26(18-20-27)36-34(41)31(38-33(40)24-10-2-1-3-11-24)21-25-13-8-12-23-9-4-5-14-28(23)25/h1-21H,22H2,(H,36,41)(H,37,39)(H,38,40)/b31-21-. The lowest BCUT2D eigenvalue weighted by Gasteiger charge is -2.13. The molecule has 6 nitrogen and oxygen atoms in total. The van der Waals surface area contributed by atoms with Gasteiger partial charge in [0.1, 0.15) is 5.70 Å². The van der Waals surface area contributed by atoms with Gasteiger partial charge in [-0.05, 0) is 86.9 Å². The third-order valence-electron chi connectivity index (χ3n) is 6.28. The molecule has 0 unspecified atom stereocenters. The number of amides is 3. The summed E-state index contributed by atoms with van der Waals surface area (Å²) >= 11 is 4.82. The zero-order valence-corrected chi connectivity index (χ0v) is 24.7. The number of carbonyl (C=O) groups is 3. The van der Waals surface area contributed by atoms with Crippen molar-refractivity contribution in [1.29, 1.82) is 0 Å². The first-order valence-electron chi connectivity index (χ1n) is 13.1. The van der Waals surface area contributed by atoms with Gasteiger partial charge in [-0.15, -0.1) is 11.8 Å². The lowest BCUT2D eigenvalue weighted by molar-refractivity contribution is -0.114. The van der Waals surface area contributed by atoms with Gasteiger partial charge < -0.3 is 16.0 Å². The van der Waals surface area contributed by atoms with Gasteiger partial charge in [0, 0.05) is 20.6 Å². The molecule has 0 atom stereocenters. The molecule has 0 spiro atoms. The summed E-state index contributed by atoms with van der Waals surface area (Å²) in [5.74, 6) is -0.733. The zero-order valence-electron chi connectivity index (χ0n) is 22.3. The molecule has 8 heteroatoms. The molecule has 0 aliphatic heterocycles. The monoisotopic (exact) mass is 635 g/mol. The Morgan fingerprint density at radius 2 is 1.40 bits per heavy atom. The van der Waals surface area contributed by atoms with E-state index in [0.29, 0.717) is 16.9 Å². The van der Waals surface area contributed by atoms with Gasteiger partial charge in [-0.2, -0.15) is 0 Å². The first-order chi connectivity index (χ1) is 20.5. The zero-order chi connectivity index (χ0) is 29.3. The predicted molar refractivity (Wildman–Crippen MR) is 174 cm³/mol. The molecule has 0 bridgehead atoms. The molecule has 5 aromatic carbocycles. The number of rotatable bonds is 9. The SMILES string of the molecule is O=C(CSc1ccc(NC(=O)/C(=C/c2cccc3ccccc23)NC(=O)c2ccccc2)cc1)Nc1ccccc1Br. The molecule has 0 radical (unpaired) electrons. The van der Waals surface area contributed by atoms with Crippen LogP contribution in [0.1, 0.15) is 15.9 Å². The summed E-state index contributed by atoms with van der Waals surface area (Å²) in [6, 6.07) is 37.1. The molecular weight excluding hydrogens is 610 g/mol. The molecule has 3 N–H and O–H groups in total. The highest BCUT2D eigenvalue weighted by atomic mass is 79.9. The van der Waals surface area contributed by atoms with Gasteiger partial charge in [0.05, 0.1) is 11.4 Å². The first kappa shape index (κ1) is 28.9. The van der Waals surface area contributed by atoms with Gasteiger partial charge >= 0.3 is 0 Å². The highest BCUT2D eigenvalue weighted by molar-refractivity contribution is 9.10. The van der Waals surface area contributed by atoms with Crippen LogP contribution in [-0.2, 0) is 9.59 Å². The summed E-state index contributed by atoms with van der Waals surface area (Å²) in [6.45, 7) is 0. The number of fused-ring (bicyclic) bond motifs is 1. The number of thioether (sulfide) groups is 1. The summed E-state index contributed by atoms with van der Waals surface area (Å²) in [5.41, 5.74) is 2.63. The van der Waals surface area contributed by atoms with Crippen LogP contribution >= 0.6 is 27.7 Å². The molecule has 3 amide bonds. The number of halogens is 1. The van der Waals surface area contributed by atoms with Crippen molar-refractivity contribution >= 4 is 73.6 Å². The van der Waals surface area contributed by atoms with Crippen molar-refractivity contribution in [2.45, 2.75) is 4.90 Å². The first-order valence-corrected chi connectivity index (χ1v) is 14.9. The molecule has 0 fully saturated rings. The molecule has 0 saturated carbocycles. The van der Waals surface area contributed by atoms with Crippen LogP contribution < -0.4 is 16.0 Å². The van der Waals surface area contributed by atoms with Crippen LogP contribution in [0.4, 0.5) is 11.4 Å². The summed E-state index contributed by atoms with van der Waals surface area (Å²) in [5, 5.41) is 10.5. The number of nitrogens with one attached hydrogen (secondary N) is 3. The molecular formula is C34H26BrN3O3S. The second kappa shape index (κ2) is 13.8. The lowest BCUT2D eigenvalue weighted by Crippen LogP contribution is -2.30. The summed E-state index contributed by atoms with van der Waals surface area (Å²) < 4.78 is 0.817. The van der Waals surface area contributed by atoms with Gasteiger partial charge in [-0.25, -0.2) is 0 Å². The van der Waals surface area contributed by atoms with Crippen molar-refractivity contribution in [3.8, 4) is 0 Å². The van der Waals surface area contributed by atoms with Gasteiger partial charge in [0.2, 0.25) is 5.91 Å². The molecule has 0 aliphatic rings. The van der Waals surface area contributed by atoms with E-state index in [-0.39, 0.29) is 23.3 Å². The van der Waals surface area contributed by atoms with E-state index < -0.39 is 5.91 Å². The Morgan fingerprint density at radius 1 is 0.714 bits per heavy atom. The van der Waals surface area contributed by atoms with Crippen LogP contribution in [0.5, 0.6) is 0 Å². The van der Waals surface area contributed by atoms with Crippen LogP contribution in [0, 0.1) is 0 Å². The molecule has 0 saturated heterocycles. The van der Waals surface area contributed by atoms with Crippen molar-refractivity contribution in [3.05, 3.63) is 143 Å². The third-order valence-corrected chi connectivity index (χ3v) is 7.99. The molecule has 5 rings (SSSR count). The Morgan fingerprint density at radius 3 is 2.19 bits per heavy atom. The molecule has 0 aromatic heterocycles. The lowest BCUT2D eigenvalue weighted by atomic mass is 10.0. The van der Waals surface area contributed by atoms with E-state index in [1.807, 2.05) is 84.9 Å². The van der Waals surface area contributed by atoms with Crippen LogP contribution in [0.15, 0.2) is 136 Å². The van der Waals surface area contributed by atoms with E-state index in [9.17, 15) is 14.4 Å². The maximum absolute atomic E-state index is 13.5. The number of benzene rings is 5. The van der Waals surface area contributed by atoms with Crippen LogP contribution in [-0.4, -0.2) is 23.5 Å². The number of anilines is 2. The van der Waals surface area contributed by atoms with Crippen LogP contribution in [0.3, 0.4) is 0 Å². The molecule has 5 aromatic rings. The maximum atomic E-state index is 13.5. The Labute approximate surface area is 256 Å². The van der Waals surface area contributed by atoms with Gasteiger partial charge in [0.15, 0.2) is 0 Å². The fraction of sp³-hybridized carbons (Fsp3) is 0.0294. The van der Waals surface area contributed by atoms with E-state index >= 15 is 0 Å². The maximum Gasteiger partial charge on any atom is 0.272 e. The Hall–Kier alpha value is -4.66. The molecule has 0 heterocycles. The normalized spacial score (nSPS) is 11.1. The summed E-state index contributed by atoms with van der Waals surface area (Å²) in [7, 11) is 0. The minimum Gasteiger partial charge on any atom is -0.324 e. The molecule has 42 heavy (non-hydrogen) atoms. The number of para-hydroxylation sites is 1. The quantitative estimate of drug-likeness (QED) is 0.114. The highest BCUT2D eigenvalue weighted by Gasteiger charge is 2.16. The fourth-order valence-electron chi connectivity index (χ4n) is 4.20. The number of hydrogen-bond acceptors (Lipinski definition) is 4. The second-order valence-electron chi connectivity index (χ2n) is 9.24. The van der Waals surface area contributed by atoms with Crippen molar-refractivity contribution in [1.82, 2.24) is 5.32 Å². The van der Waals surface area contributed by atoms with Crippen molar-refractivity contribution in [2.24, 2.45) is 0 Å². The van der Waals surface area contributed by atoms with Crippen molar-refractivity contribution < 1.29 is 14.4 Å². The fourth-order valence-corrected chi connectivity index (χ4v) is 5.29. The van der Waals surface area contributed by atoms with E-state index in [0.717, 1.165) is 25.7 Å². The average Bonchev–Trinajstić information content (AvgIpc) is 3.02. The summed E-state index contributed by atoms with van der Waals surface area (Å²) in [6.07, 6.45) is 1.69. The highest BCUT2D eigenvalue weighted by Crippen LogP contribution is 2.25. The minimum atomic E-state index is -0.458. The third kappa shape index (κ3) is 7.54. The Bertz CT molecular complexity index is 1770. The van der Waals surface area contributed by atoms with E-state index in [4.69, 9.17) is 0 Å². The van der Waals surface area contributed by atoms with E-state index in [1.165, 1.54) is 11.8 Å². The number of carbonyl (C=O) groups excluding carboxylic acids is 3. The van der Waals surface area contributed by atoms with Crippen molar-refractivity contribution in [2.75, 3.05) is 16.4 Å². The second-order valence-corrected chi connectivity index (χ2v) is 11.1. The average molecular weight is 637 g/mol. The van der Waals surface area contributed by atoms with Gasteiger partial charge in [-0.1, -0.05) is 72.8 Å². The topological polar surface area (TPSA) is 87.3 Å². The largest absolute Gasteiger partial charge is 0.324 e. The smallest absolute Gasteiger partial charge is 0.272 e. The molecule has 208 valence electrons. The van der Waals surface area contributed by atoms with Gasteiger partial charge in [0.25, 0.3) is 11.8 Å². The predicted octanol–water partition coefficient (Wildman–Crippen LogP) is 7.74. The van der Waals surface area contributed by atoms with Crippen molar-refractivity contribution in [3.63, 3.8) is 0 Å². The minimum absolute atomic E-state index is 0.113. The van der Waals surface area contributed by atoms with E-state index in [1.54, 1.807) is 42.5 Å². The Kier molecular flexibility index (Phi) is 9.48.